The van der Waals surface area contributed by atoms with Crippen molar-refractivity contribution in [3.8, 4) is 0 Å². The number of hydrogen-bond acceptors (Lipinski definition) is 3. The minimum Gasteiger partial charge on any atom is -0.352 e. The number of halogens is 4. The Morgan fingerprint density at radius 1 is 1.02 bits per heavy atom. The van der Waals surface area contributed by atoms with Crippen LogP contribution in [0.1, 0.15) is 59.9 Å². The number of nitrogens with one attached hydrogen (secondary N) is 2. The summed E-state index contributed by atoms with van der Waals surface area (Å²) in [6, 6.07) is 18.3. The summed E-state index contributed by atoms with van der Waals surface area (Å²) < 4.78 is 30.1. The summed E-state index contributed by atoms with van der Waals surface area (Å²) in [7, 11) is 1.92. The third-order valence-electron chi connectivity index (χ3n) is 7.88. The van der Waals surface area contributed by atoms with E-state index >= 15 is 0 Å². The molecule has 2 amide bonds. The van der Waals surface area contributed by atoms with Crippen molar-refractivity contribution >= 4 is 56.1 Å². The number of aromatic nitrogens is 2. The molecular formula is C31H30BrClF2N4O2. The fourth-order valence-corrected chi connectivity index (χ4v) is 5.57. The summed E-state index contributed by atoms with van der Waals surface area (Å²) in [5.41, 5.74) is 3.67. The van der Waals surface area contributed by atoms with Gasteiger partial charge in [-0.05, 0) is 72.5 Å². The predicted molar refractivity (Wildman–Crippen MR) is 160 cm³/mol. The minimum absolute atomic E-state index is 0.165. The molecule has 1 aliphatic carbocycles. The van der Waals surface area contributed by atoms with Crippen molar-refractivity contribution in [3.05, 3.63) is 92.7 Å². The Morgan fingerprint density at radius 3 is 2.44 bits per heavy atom. The van der Waals surface area contributed by atoms with Crippen LogP contribution in [0.5, 0.6) is 0 Å². The van der Waals surface area contributed by atoms with Gasteiger partial charge in [-0.3, -0.25) is 9.59 Å². The maximum absolute atomic E-state index is 13.6. The van der Waals surface area contributed by atoms with Crippen LogP contribution in [-0.4, -0.2) is 27.3 Å². The molecule has 214 valence electrons. The number of anilines is 1. The number of alkyl halides is 2. The van der Waals surface area contributed by atoms with Crippen LogP contribution in [0.2, 0.25) is 5.02 Å². The van der Waals surface area contributed by atoms with Crippen molar-refractivity contribution < 1.29 is 18.4 Å². The lowest BCUT2D eigenvalue weighted by atomic mass is 9.73. The van der Waals surface area contributed by atoms with E-state index in [2.05, 4.69) is 26.6 Å². The number of fused-ring (bicyclic) bond motifs is 1. The van der Waals surface area contributed by atoms with Gasteiger partial charge in [-0.25, -0.2) is 13.8 Å². The van der Waals surface area contributed by atoms with E-state index in [1.807, 2.05) is 54.1 Å². The first-order valence-corrected chi connectivity index (χ1v) is 14.6. The van der Waals surface area contributed by atoms with Crippen LogP contribution in [0.25, 0.3) is 11.0 Å². The second-order valence-electron chi connectivity index (χ2n) is 11.0. The quantitative estimate of drug-likeness (QED) is 0.217. The number of imidazole rings is 1. The predicted octanol–water partition coefficient (Wildman–Crippen LogP) is 7.66. The number of amides is 2. The normalized spacial score (nSPS) is 16.0. The summed E-state index contributed by atoms with van der Waals surface area (Å²) in [6.07, 6.45) is 0.240. The monoisotopic (exact) mass is 642 g/mol. The van der Waals surface area contributed by atoms with Crippen molar-refractivity contribution in [3.63, 3.8) is 0 Å². The molecule has 6 nitrogen and oxygen atoms in total. The van der Waals surface area contributed by atoms with E-state index < -0.39 is 11.3 Å². The molecule has 0 bridgehead atoms. The third kappa shape index (κ3) is 6.62. The molecule has 10 heteroatoms. The van der Waals surface area contributed by atoms with Gasteiger partial charge in [0.05, 0.1) is 11.0 Å². The van der Waals surface area contributed by atoms with Crippen LogP contribution in [0.15, 0.2) is 65.1 Å². The molecule has 0 radical (unpaired) electrons. The Bertz CT molecular complexity index is 1610. The second-order valence-corrected chi connectivity index (χ2v) is 12.3. The number of rotatable bonds is 7. The highest BCUT2D eigenvalue weighted by molar-refractivity contribution is 9.10. The van der Waals surface area contributed by atoms with Gasteiger partial charge in [-0.1, -0.05) is 46.6 Å². The van der Waals surface area contributed by atoms with Crippen LogP contribution in [-0.2, 0) is 24.8 Å². The Labute approximate surface area is 250 Å². The van der Waals surface area contributed by atoms with E-state index in [0.29, 0.717) is 28.2 Å². The molecule has 1 fully saturated rings. The van der Waals surface area contributed by atoms with Gasteiger partial charge in [-0.15, -0.1) is 0 Å². The summed E-state index contributed by atoms with van der Waals surface area (Å²) in [6.45, 7) is 2.03. The summed E-state index contributed by atoms with van der Waals surface area (Å²) in [5.74, 6) is -2.35. The van der Waals surface area contributed by atoms with Gasteiger partial charge in [0.1, 0.15) is 5.82 Å². The zero-order valence-corrected chi connectivity index (χ0v) is 25.1. The average molecular weight is 644 g/mol. The molecule has 0 aliphatic heterocycles. The highest BCUT2D eigenvalue weighted by Gasteiger charge is 2.44. The minimum atomic E-state index is -2.69. The SMILES string of the molecule is Cn1c(Cc2cc(CNC(=O)C3(C)CCC(F)(F)CC3)ccc2Cl)nc2cc(C(=O)Nc3ccc(Br)cc3)ccc21. The average Bonchev–Trinajstić information content (AvgIpc) is 3.26. The lowest BCUT2D eigenvalue weighted by molar-refractivity contribution is -0.137. The summed E-state index contributed by atoms with van der Waals surface area (Å²) in [4.78, 5) is 30.5. The first-order valence-electron chi connectivity index (χ1n) is 13.4. The Morgan fingerprint density at radius 2 is 1.73 bits per heavy atom. The van der Waals surface area contributed by atoms with Crippen molar-refractivity contribution in [1.29, 1.82) is 0 Å². The molecule has 1 aliphatic rings. The topological polar surface area (TPSA) is 76.0 Å². The van der Waals surface area contributed by atoms with E-state index in [1.165, 1.54) is 0 Å². The molecule has 3 aromatic carbocycles. The maximum Gasteiger partial charge on any atom is 0.255 e. The van der Waals surface area contributed by atoms with E-state index in [1.54, 1.807) is 25.1 Å². The Hall–Kier alpha value is -3.30. The maximum atomic E-state index is 13.6. The van der Waals surface area contributed by atoms with E-state index in [0.717, 1.165) is 26.9 Å². The Kier molecular flexibility index (Phi) is 8.21. The second kappa shape index (κ2) is 11.5. The fraction of sp³-hybridized carbons (Fsp3) is 0.323. The van der Waals surface area contributed by atoms with Crippen LogP contribution >= 0.6 is 27.5 Å². The Balaban J connectivity index is 1.28. The zero-order valence-electron chi connectivity index (χ0n) is 22.7. The van der Waals surface area contributed by atoms with E-state index in [9.17, 15) is 18.4 Å². The van der Waals surface area contributed by atoms with Gasteiger partial charge >= 0.3 is 0 Å². The van der Waals surface area contributed by atoms with Gasteiger partial charge < -0.3 is 15.2 Å². The molecule has 1 heterocycles. The fourth-order valence-electron chi connectivity index (χ4n) is 5.12. The van der Waals surface area contributed by atoms with Gasteiger partial charge in [-0.2, -0.15) is 0 Å². The number of nitrogens with zero attached hydrogens (tertiary/aromatic N) is 2. The smallest absolute Gasteiger partial charge is 0.255 e. The molecule has 0 atom stereocenters. The number of carbonyl (C=O) groups excluding carboxylic acids is 2. The van der Waals surface area contributed by atoms with Crippen molar-refractivity contribution in [2.45, 2.75) is 51.5 Å². The first-order chi connectivity index (χ1) is 19.4. The lowest BCUT2D eigenvalue weighted by Gasteiger charge is -2.35. The van der Waals surface area contributed by atoms with Crippen LogP contribution in [0.3, 0.4) is 0 Å². The highest BCUT2D eigenvalue weighted by Crippen LogP contribution is 2.43. The van der Waals surface area contributed by atoms with Crippen LogP contribution in [0, 0.1) is 5.41 Å². The molecule has 0 spiro atoms. The molecule has 4 aromatic rings. The molecule has 2 N–H and O–H groups in total. The van der Waals surface area contributed by atoms with Gasteiger partial charge in [0.15, 0.2) is 0 Å². The molecule has 1 saturated carbocycles. The van der Waals surface area contributed by atoms with Gasteiger partial charge in [0.2, 0.25) is 11.8 Å². The van der Waals surface area contributed by atoms with Gasteiger partial charge in [0.25, 0.3) is 5.91 Å². The number of aryl methyl sites for hydroxylation is 1. The van der Waals surface area contributed by atoms with Crippen LogP contribution < -0.4 is 10.6 Å². The molecule has 0 unspecified atom stereocenters. The van der Waals surface area contributed by atoms with Crippen LogP contribution in [0.4, 0.5) is 14.5 Å². The third-order valence-corrected chi connectivity index (χ3v) is 8.78. The number of benzene rings is 3. The van der Waals surface area contributed by atoms with Crippen molar-refractivity contribution in [1.82, 2.24) is 14.9 Å². The lowest BCUT2D eigenvalue weighted by Crippen LogP contribution is -2.43. The standard InChI is InChI=1S/C31H30BrClF2N4O2/c1-30(11-13-31(34,35)14-12-30)29(41)36-18-19-3-9-24(33)21(15-19)17-27-38-25-16-20(4-10-26(25)39(27)2)28(40)37-23-7-5-22(32)6-8-23/h3-10,15-16H,11-14,17-18H2,1-2H3,(H,36,41)(H,37,40). The molecule has 1 aromatic heterocycles. The summed E-state index contributed by atoms with van der Waals surface area (Å²) >= 11 is 9.92. The number of hydrogen-bond donors (Lipinski definition) is 2. The largest absolute Gasteiger partial charge is 0.352 e. The van der Waals surface area contributed by atoms with Gasteiger partial charge in [0, 0.05) is 59.0 Å². The zero-order chi connectivity index (χ0) is 29.4. The van der Waals surface area contributed by atoms with E-state index in [4.69, 9.17) is 16.6 Å². The van der Waals surface area contributed by atoms with Crippen molar-refractivity contribution in [2.75, 3.05) is 5.32 Å². The molecule has 0 saturated heterocycles. The molecule has 41 heavy (non-hydrogen) atoms. The number of carbonyl (C=O) groups is 2. The molecule has 5 rings (SSSR count). The van der Waals surface area contributed by atoms with Crippen molar-refractivity contribution in [2.24, 2.45) is 12.5 Å². The highest BCUT2D eigenvalue weighted by atomic mass is 79.9. The first kappa shape index (κ1) is 29.2. The molecular weight excluding hydrogens is 614 g/mol. The van der Waals surface area contributed by atoms with E-state index in [-0.39, 0.29) is 44.0 Å². The summed E-state index contributed by atoms with van der Waals surface area (Å²) in [5, 5.41) is 6.40.